The number of piperazine rings is 1. The molecule has 5 heterocycles. The topological polar surface area (TPSA) is 49.6 Å². The number of pyridine rings is 1. The maximum Gasteiger partial charge on any atom is 0.180 e. The Kier molecular flexibility index (Phi) is 4.54. The number of anilines is 1. The van der Waals surface area contributed by atoms with Crippen molar-refractivity contribution in [2.24, 2.45) is 0 Å². The van der Waals surface area contributed by atoms with Gasteiger partial charge in [-0.05, 0) is 36.1 Å². The average Bonchev–Trinajstić information content (AvgIpc) is 3.35. The Morgan fingerprint density at radius 1 is 1.00 bits per heavy atom. The normalized spacial score (nSPS) is 15.4. The molecule has 0 aliphatic carbocycles. The minimum atomic E-state index is 0.914. The third kappa shape index (κ3) is 3.16. The molecule has 5 rings (SSSR count). The zero-order valence-corrected chi connectivity index (χ0v) is 16.6. The smallest absolute Gasteiger partial charge is 0.180 e. The number of aryl methyl sites for hydroxylation is 1. The number of thiophene rings is 1. The van der Waals surface area contributed by atoms with E-state index in [1.54, 1.807) is 0 Å². The SMILES string of the molecule is Cc1ccsc1CN1CCN(c2nccn3c(-c4ccncc4)cnc23)CC1. The first-order valence-electron chi connectivity index (χ1n) is 9.52. The van der Waals surface area contributed by atoms with E-state index >= 15 is 0 Å². The van der Waals surface area contributed by atoms with Crippen LogP contribution >= 0.6 is 11.3 Å². The van der Waals surface area contributed by atoms with E-state index in [0.717, 1.165) is 55.4 Å². The molecular formula is C21H22N6S. The molecule has 7 heteroatoms. The predicted molar refractivity (Wildman–Crippen MR) is 113 cm³/mol. The second-order valence-corrected chi connectivity index (χ2v) is 8.11. The van der Waals surface area contributed by atoms with Crippen molar-refractivity contribution in [2.75, 3.05) is 31.1 Å². The van der Waals surface area contributed by atoms with Gasteiger partial charge in [-0.25, -0.2) is 9.97 Å². The van der Waals surface area contributed by atoms with Crippen LogP contribution in [0.5, 0.6) is 0 Å². The Bertz CT molecular complexity index is 1080. The number of hydrogen-bond acceptors (Lipinski definition) is 6. The Morgan fingerprint density at radius 2 is 1.82 bits per heavy atom. The Balaban J connectivity index is 1.36. The van der Waals surface area contributed by atoms with Gasteiger partial charge in [0.25, 0.3) is 0 Å². The lowest BCUT2D eigenvalue weighted by Crippen LogP contribution is -2.46. The zero-order valence-electron chi connectivity index (χ0n) is 15.8. The van der Waals surface area contributed by atoms with Crippen molar-refractivity contribution in [3.05, 3.63) is 65.0 Å². The molecular weight excluding hydrogens is 368 g/mol. The van der Waals surface area contributed by atoms with Crippen LogP contribution in [-0.4, -0.2) is 50.4 Å². The van der Waals surface area contributed by atoms with Crippen LogP contribution in [0.4, 0.5) is 5.82 Å². The molecule has 1 saturated heterocycles. The fourth-order valence-corrected chi connectivity index (χ4v) is 4.70. The third-order valence-electron chi connectivity index (χ3n) is 5.39. The van der Waals surface area contributed by atoms with Gasteiger partial charge in [-0.2, -0.15) is 0 Å². The van der Waals surface area contributed by atoms with E-state index in [0.29, 0.717) is 0 Å². The molecule has 0 radical (unpaired) electrons. The van der Waals surface area contributed by atoms with Crippen molar-refractivity contribution in [3.63, 3.8) is 0 Å². The molecule has 0 saturated carbocycles. The van der Waals surface area contributed by atoms with Crippen molar-refractivity contribution in [1.29, 1.82) is 0 Å². The molecule has 0 N–H and O–H groups in total. The lowest BCUT2D eigenvalue weighted by molar-refractivity contribution is 0.251. The quantitative estimate of drug-likeness (QED) is 0.534. The lowest BCUT2D eigenvalue weighted by Gasteiger charge is -2.35. The highest BCUT2D eigenvalue weighted by molar-refractivity contribution is 7.10. The van der Waals surface area contributed by atoms with Crippen LogP contribution < -0.4 is 4.90 Å². The maximum atomic E-state index is 4.69. The molecule has 0 unspecified atom stereocenters. The summed E-state index contributed by atoms with van der Waals surface area (Å²) in [5.74, 6) is 0.967. The van der Waals surface area contributed by atoms with Gasteiger partial charge in [-0.3, -0.25) is 14.3 Å². The van der Waals surface area contributed by atoms with Crippen LogP contribution in [0.15, 0.2) is 54.6 Å². The van der Waals surface area contributed by atoms with E-state index in [2.05, 4.69) is 47.5 Å². The summed E-state index contributed by atoms with van der Waals surface area (Å²) < 4.78 is 2.12. The van der Waals surface area contributed by atoms with Gasteiger partial charge in [-0.1, -0.05) is 0 Å². The number of fused-ring (bicyclic) bond motifs is 1. The summed E-state index contributed by atoms with van der Waals surface area (Å²) in [6.45, 7) is 7.26. The van der Waals surface area contributed by atoms with Crippen LogP contribution in [-0.2, 0) is 6.54 Å². The highest BCUT2D eigenvalue weighted by Crippen LogP contribution is 2.26. The van der Waals surface area contributed by atoms with E-state index in [1.807, 2.05) is 54.5 Å². The van der Waals surface area contributed by atoms with Crippen LogP contribution in [0.3, 0.4) is 0 Å². The highest BCUT2D eigenvalue weighted by atomic mass is 32.1. The minimum absolute atomic E-state index is 0.914. The summed E-state index contributed by atoms with van der Waals surface area (Å²) in [5.41, 5.74) is 4.49. The van der Waals surface area contributed by atoms with Crippen LogP contribution in [0.1, 0.15) is 10.4 Å². The van der Waals surface area contributed by atoms with E-state index in [4.69, 9.17) is 0 Å². The minimum Gasteiger partial charge on any atom is -0.351 e. The summed E-state index contributed by atoms with van der Waals surface area (Å²) in [5, 5.41) is 2.18. The molecule has 1 aliphatic rings. The molecule has 0 aromatic carbocycles. The standard InChI is InChI=1S/C21H22N6S/c1-16-4-13-28-19(16)15-25-9-11-26(12-10-25)20-21-24-14-18(27(21)8-7-23-20)17-2-5-22-6-3-17/h2-8,13-14H,9-12,15H2,1H3. The van der Waals surface area contributed by atoms with Crippen molar-refractivity contribution in [1.82, 2.24) is 24.3 Å². The Hall–Kier alpha value is -2.77. The number of imidazole rings is 1. The molecule has 1 aliphatic heterocycles. The van der Waals surface area contributed by atoms with Gasteiger partial charge < -0.3 is 4.90 Å². The van der Waals surface area contributed by atoms with E-state index in [1.165, 1.54) is 10.4 Å². The van der Waals surface area contributed by atoms with Crippen molar-refractivity contribution >= 4 is 22.8 Å². The molecule has 0 spiro atoms. The van der Waals surface area contributed by atoms with Crippen LogP contribution in [0.2, 0.25) is 0 Å². The lowest BCUT2D eigenvalue weighted by atomic mass is 10.2. The summed E-state index contributed by atoms with van der Waals surface area (Å²) >= 11 is 1.86. The summed E-state index contributed by atoms with van der Waals surface area (Å²) in [6.07, 6.45) is 9.40. The number of aromatic nitrogens is 4. The van der Waals surface area contributed by atoms with Crippen molar-refractivity contribution in [3.8, 4) is 11.3 Å². The summed E-state index contributed by atoms with van der Waals surface area (Å²) in [4.78, 5) is 19.8. The second kappa shape index (κ2) is 7.33. The van der Waals surface area contributed by atoms with Gasteiger partial charge in [0.2, 0.25) is 0 Å². The number of nitrogens with zero attached hydrogens (tertiary/aromatic N) is 6. The summed E-state index contributed by atoms with van der Waals surface area (Å²) in [6, 6.07) is 6.23. The molecule has 4 aromatic heterocycles. The Labute approximate surface area is 168 Å². The van der Waals surface area contributed by atoms with Gasteiger partial charge in [0.05, 0.1) is 11.9 Å². The van der Waals surface area contributed by atoms with Crippen molar-refractivity contribution < 1.29 is 0 Å². The Morgan fingerprint density at radius 3 is 2.57 bits per heavy atom. The van der Waals surface area contributed by atoms with Gasteiger partial charge in [0.15, 0.2) is 11.5 Å². The second-order valence-electron chi connectivity index (χ2n) is 7.11. The fraction of sp³-hybridized carbons (Fsp3) is 0.286. The third-order valence-corrected chi connectivity index (χ3v) is 6.40. The first-order chi connectivity index (χ1) is 13.8. The monoisotopic (exact) mass is 390 g/mol. The van der Waals surface area contributed by atoms with Gasteiger partial charge in [0.1, 0.15) is 0 Å². The molecule has 0 amide bonds. The van der Waals surface area contributed by atoms with E-state index in [9.17, 15) is 0 Å². The molecule has 4 aromatic rings. The van der Waals surface area contributed by atoms with E-state index in [-0.39, 0.29) is 0 Å². The van der Waals surface area contributed by atoms with Crippen molar-refractivity contribution in [2.45, 2.75) is 13.5 Å². The van der Waals surface area contributed by atoms with Gasteiger partial charge in [-0.15, -0.1) is 11.3 Å². The number of rotatable bonds is 4. The molecule has 28 heavy (non-hydrogen) atoms. The van der Waals surface area contributed by atoms with E-state index < -0.39 is 0 Å². The fourth-order valence-electron chi connectivity index (χ4n) is 3.75. The molecule has 6 nitrogen and oxygen atoms in total. The predicted octanol–water partition coefficient (Wildman–Crippen LogP) is 3.48. The number of hydrogen-bond donors (Lipinski definition) is 0. The molecule has 142 valence electrons. The first-order valence-corrected chi connectivity index (χ1v) is 10.4. The summed E-state index contributed by atoms with van der Waals surface area (Å²) in [7, 11) is 0. The average molecular weight is 391 g/mol. The highest BCUT2D eigenvalue weighted by Gasteiger charge is 2.22. The molecule has 0 atom stereocenters. The molecule has 1 fully saturated rings. The molecule has 0 bridgehead atoms. The first kappa shape index (κ1) is 17.3. The van der Waals surface area contributed by atoms with Gasteiger partial charge >= 0.3 is 0 Å². The maximum absolute atomic E-state index is 4.69. The van der Waals surface area contributed by atoms with Gasteiger partial charge in [0, 0.05) is 68.0 Å². The van der Waals surface area contributed by atoms with Crippen LogP contribution in [0, 0.1) is 6.92 Å². The largest absolute Gasteiger partial charge is 0.351 e. The van der Waals surface area contributed by atoms with Crippen LogP contribution in [0.25, 0.3) is 16.9 Å². The zero-order chi connectivity index (χ0) is 18.9.